The fourth-order valence-electron chi connectivity index (χ4n) is 4.17. The van der Waals surface area contributed by atoms with E-state index in [2.05, 4.69) is 67.3 Å². The summed E-state index contributed by atoms with van der Waals surface area (Å²) in [5.41, 5.74) is 5.72. The number of likely N-dealkylation sites (tertiary alicyclic amines) is 1. The second-order valence-corrected chi connectivity index (χ2v) is 8.12. The molecule has 2 aromatic carbocycles. The fourth-order valence-corrected chi connectivity index (χ4v) is 4.17. The molecule has 2 aliphatic rings. The van der Waals surface area contributed by atoms with Crippen LogP contribution < -0.4 is 0 Å². The summed E-state index contributed by atoms with van der Waals surface area (Å²) in [6.45, 7) is 6.68. The smallest absolute Gasteiger partial charge is 0.257 e. The van der Waals surface area contributed by atoms with Gasteiger partial charge < -0.3 is 0 Å². The van der Waals surface area contributed by atoms with Gasteiger partial charge in [0.15, 0.2) is 0 Å². The van der Waals surface area contributed by atoms with Gasteiger partial charge in [0.2, 0.25) is 0 Å². The van der Waals surface area contributed by atoms with Crippen molar-refractivity contribution in [3.05, 3.63) is 70.8 Å². The summed E-state index contributed by atoms with van der Waals surface area (Å²) in [5.74, 6) is 0.107. The van der Waals surface area contributed by atoms with Crippen molar-refractivity contribution in [3.8, 4) is 0 Å². The van der Waals surface area contributed by atoms with Crippen LogP contribution in [-0.2, 0) is 4.79 Å². The Morgan fingerprint density at radius 1 is 1.00 bits per heavy atom. The Morgan fingerprint density at radius 3 is 2.46 bits per heavy atom. The highest BCUT2D eigenvalue weighted by molar-refractivity contribution is 6.03. The standard InChI is InChI=1S/C24H29N3O/c1-18-9-11-20(12-10-18)23-16-22(21-8-6-7-19(2)15-21)25-27(23)24(28)17-26-13-4-3-5-14-26/h6-12,15,23H,3-5,13-14,16-17H2,1-2H3. The maximum Gasteiger partial charge on any atom is 0.257 e. The van der Waals surface area contributed by atoms with Gasteiger partial charge >= 0.3 is 0 Å². The third-order valence-electron chi connectivity index (χ3n) is 5.79. The first-order valence-corrected chi connectivity index (χ1v) is 10.4. The number of hydrogen-bond donors (Lipinski definition) is 0. The molecule has 28 heavy (non-hydrogen) atoms. The molecule has 146 valence electrons. The lowest BCUT2D eigenvalue weighted by molar-refractivity contribution is -0.134. The number of benzene rings is 2. The number of carbonyl (C=O) groups excluding carboxylic acids is 1. The highest BCUT2D eigenvalue weighted by atomic mass is 16.2. The second kappa shape index (κ2) is 8.27. The number of nitrogens with zero attached hydrogens (tertiary/aromatic N) is 3. The molecule has 1 unspecified atom stereocenters. The highest BCUT2D eigenvalue weighted by Crippen LogP contribution is 2.33. The van der Waals surface area contributed by atoms with Crippen LogP contribution in [0.4, 0.5) is 0 Å². The summed E-state index contributed by atoms with van der Waals surface area (Å²) in [7, 11) is 0. The van der Waals surface area contributed by atoms with Gasteiger partial charge in [0, 0.05) is 6.42 Å². The number of aryl methyl sites for hydroxylation is 2. The molecule has 0 spiro atoms. The van der Waals surface area contributed by atoms with E-state index < -0.39 is 0 Å². The molecule has 0 radical (unpaired) electrons. The van der Waals surface area contributed by atoms with Crippen LogP contribution in [0, 0.1) is 13.8 Å². The van der Waals surface area contributed by atoms with Crippen molar-refractivity contribution in [3.63, 3.8) is 0 Å². The van der Waals surface area contributed by atoms with Crippen LogP contribution in [0.15, 0.2) is 53.6 Å². The molecule has 2 aliphatic heterocycles. The molecule has 2 heterocycles. The monoisotopic (exact) mass is 375 g/mol. The van der Waals surface area contributed by atoms with Crippen molar-refractivity contribution in [2.45, 2.75) is 45.6 Å². The van der Waals surface area contributed by atoms with E-state index in [0.717, 1.165) is 36.3 Å². The molecular weight excluding hydrogens is 346 g/mol. The summed E-state index contributed by atoms with van der Waals surface area (Å²) in [6.07, 6.45) is 4.41. The van der Waals surface area contributed by atoms with E-state index in [9.17, 15) is 4.79 Å². The first-order valence-electron chi connectivity index (χ1n) is 10.4. The average Bonchev–Trinajstić information content (AvgIpc) is 3.15. The first kappa shape index (κ1) is 18.9. The summed E-state index contributed by atoms with van der Waals surface area (Å²) in [4.78, 5) is 15.5. The molecule has 1 amide bonds. The van der Waals surface area contributed by atoms with Crippen LogP contribution in [0.3, 0.4) is 0 Å². The third-order valence-corrected chi connectivity index (χ3v) is 5.79. The van der Waals surface area contributed by atoms with E-state index in [-0.39, 0.29) is 11.9 Å². The molecule has 1 fully saturated rings. The predicted molar refractivity (Wildman–Crippen MR) is 113 cm³/mol. The van der Waals surface area contributed by atoms with Crippen molar-refractivity contribution in [1.82, 2.24) is 9.91 Å². The van der Waals surface area contributed by atoms with Crippen molar-refractivity contribution in [2.24, 2.45) is 5.10 Å². The van der Waals surface area contributed by atoms with Gasteiger partial charge in [0.1, 0.15) is 0 Å². The van der Waals surface area contributed by atoms with Crippen molar-refractivity contribution < 1.29 is 4.79 Å². The predicted octanol–water partition coefficient (Wildman–Crippen LogP) is 4.47. The van der Waals surface area contributed by atoms with Crippen LogP contribution in [0.1, 0.15) is 54.0 Å². The zero-order valence-corrected chi connectivity index (χ0v) is 16.9. The van der Waals surface area contributed by atoms with Crippen molar-refractivity contribution in [1.29, 1.82) is 0 Å². The number of amides is 1. The topological polar surface area (TPSA) is 35.9 Å². The zero-order chi connectivity index (χ0) is 19.5. The summed E-state index contributed by atoms with van der Waals surface area (Å²) in [6, 6.07) is 16.9. The Labute approximate surface area is 167 Å². The lowest BCUT2D eigenvalue weighted by Crippen LogP contribution is -2.40. The number of hydrazone groups is 1. The molecule has 2 aromatic rings. The Morgan fingerprint density at radius 2 is 1.75 bits per heavy atom. The van der Waals surface area contributed by atoms with Gasteiger partial charge in [0.05, 0.1) is 18.3 Å². The normalized spacial score (nSPS) is 20.3. The van der Waals surface area contributed by atoms with E-state index in [1.165, 1.54) is 30.4 Å². The second-order valence-electron chi connectivity index (χ2n) is 8.12. The number of carbonyl (C=O) groups is 1. The Kier molecular flexibility index (Phi) is 5.58. The molecule has 1 atom stereocenters. The SMILES string of the molecule is Cc1ccc(C2CC(c3cccc(C)c3)=NN2C(=O)CN2CCCCC2)cc1. The van der Waals surface area contributed by atoms with Crippen molar-refractivity contribution in [2.75, 3.05) is 19.6 Å². The van der Waals surface area contributed by atoms with E-state index in [4.69, 9.17) is 5.10 Å². The van der Waals surface area contributed by atoms with E-state index in [0.29, 0.717) is 6.54 Å². The molecular formula is C24H29N3O. The average molecular weight is 376 g/mol. The van der Waals surface area contributed by atoms with Crippen molar-refractivity contribution >= 4 is 11.6 Å². The van der Waals surface area contributed by atoms with Gasteiger partial charge in [-0.25, -0.2) is 5.01 Å². The van der Waals surface area contributed by atoms with Gasteiger partial charge in [0.25, 0.3) is 5.91 Å². The quantitative estimate of drug-likeness (QED) is 0.791. The van der Waals surface area contributed by atoms with E-state index in [1.807, 2.05) is 0 Å². The number of hydrogen-bond acceptors (Lipinski definition) is 3. The molecule has 0 N–H and O–H groups in total. The highest BCUT2D eigenvalue weighted by Gasteiger charge is 2.33. The molecule has 0 bridgehead atoms. The van der Waals surface area contributed by atoms with Crippen LogP contribution in [0.2, 0.25) is 0 Å². The maximum absolute atomic E-state index is 13.2. The summed E-state index contributed by atoms with van der Waals surface area (Å²) >= 11 is 0. The minimum absolute atomic E-state index is 0.0200. The molecule has 0 aromatic heterocycles. The lowest BCUT2D eigenvalue weighted by Gasteiger charge is -2.29. The molecule has 4 heteroatoms. The largest absolute Gasteiger partial charge is 0.294 e. The van der Waals surface area contributed by atoms with Gasteiger partial charge in [-0.3, -0.25) is 9.69 Å². The van der Waals surface area contributed by atoms with Crippen LogP contribution in [-0.4, -0.2) is 41.2 Å². The Hall–Kier alpha value is -2.46. The molecule has 4 nitrogen and oxygen atoms in total. The summed E-state index contributed by atoms with van der Waals surface area (Å²) < 4.78 is 0. The van der Waals surface area contributed by atoms with Crippen LogP contribution >= 0.6 is 0 Å². The first-order chi connectivity index (χ1) is 13.6. The summed E-state index contributed by atoms with van der Waals surface area (Å²) in [5, 5.41) is 6.57. The Bertz CT molecular complexity index is 866. The zero-order valence-electron chi connectivity index (χ0n) is 16.9. The molecule has 0 saturated carbocycles. The molecule has 4 rings (SSSR count). The van der Waals surface area contributed by atoms with Gasteiger partial charge in [-0.1, -0.05) is 66.1 Å². The maximum atomic E-state index is 13.2. The van der Waals surface area contributed by atoms with E-state index in [1.54, 1.807) is 5.01 Å². The number of piperidine rings is 1. The minimum atomic E-state index is -0.0200. The lowest BCUT2D eigenvalue weighted by atomic mass is 9.97. The van der Waals surface area contributed by atoms with Gasteiger partial charge in [-0.2, -0.15) is 5.10 Å². The third kappa shape index (κ3) is 4.17. The Balaban J connectivity index is 1.60. The fraction of sp³-hybridized carbons (Fsp3) is 0.417. The number of rotatable bonds is 4. The minimum Gasteiger partial charge on any atom is -0.294 e. The van der Waals surface area contributed by atoms with Gasteiger partial charge in [-0.15, -0.1) is 0 Å². The van der Waals surface area contributed by atoms with E-state index >= 15 is 0 Å². The van der Waals surface area contributed by atoms with Crippen LogP contribution in [0.25, 0.3) is 0 Å². The van der Waals surface area contributed by atoms with Crippen LogP contribution in [0.5, 0.6) is 0 Å². The molecule has 1 saturated heterocycles. The molecule has 0 aliphatic carbocycles. The van der Waals surface area contributed by atoms with Gasteiger partial charge in [-0.05, 0) is 50.9 Å².